The van der Waals surface area contributed by atoms with Gasteiger partial charge in [0.05, 0.1) is 6.61 Å². The van der Waals surface area contributed by atoms with Crippen molar-refractivity contribution in [2.75, 3.05) is 25.0 Å². The van der Waals surface area contributed by atoms with Crippen molar-refractivity contribution < 1.29 is 9.90 Å². The maximum atomic E-state index is 12.2. The van der Waals surface area contributed by atoms with E-state index in [4.69, 9.17) is 5.11 Å². The molecule has 1 aliphatic heterocycles. The molecule has 106 valence electrons. The van der Waals surface area contributed by atoms with Crippen LogP contribution < -0.4 is 5.32 Å². The van der Waals surface area contributed by atoms with E-state index in [0.717, 1.165) is 25.2 Å². The Morgan fingerprint density at radius 3 is 3.00 bits per heavy atom. The van der Waals surface area contributed by atoms with Gasteiger partial charge < -0.3 is 15.3 Å². The predicted molar refractivity (Wildman–Crippen MR) is 74.3 cm³/mol. The average molecular weight is 284 g/mol. The van der Waals surface area contributed by atoms with Gasteiger partial charge in [-0.3, -0.25) is 4.79 Å². The quantitative estimate of drug-likeness (QED) is 0.845. The first-order valence-electron chi connectivity index (χ1n) is 6.61. The van der Waals surface area contributed by atoms with Crippen molar-refractivity contribution in [3.05, 3.63) is 5.82 Å². The fraction of sp³-hybridized carbons (Fsp3) is 0.750. The Labute approximate surface area is 117 Å². The van der Waals surface area contributed by atoms with Crippen molar-refractivity contribution in [3.63, 3.8) is 0 Å². The lowest BCUT2D eigenvalue weighted by Gasteiger charge is -2.32. The van der Waals surface area contributed by atoms with E-state index in [-0.39, 0.29) is 18.6 Å². The number of anilines is 1. The number of nitrogens with zero attached hydrogens (tertiary/aromatic N) is 3. The molecule has 2 N–H and O–H groups in total. The van der Waals surface area contributed by atoms with Crippen LogP contribution in [0.15, 0.2) is 0 Å². The molecule has 1 aliphatic rings. The number of hydrogen-bond donors (Lipinski definition) is 2. The number of aliphatic hydroxyl groups is 1. The van der Waals surface area contributed by atoms with Crippen LogP contribution in [0.5, 0.6) is 0 Å². The van der Waals surface area contributed by atoms with Crippen LogP contribution in [0.1, 0.15) is 38.4 Å². The van der Waals surface area contributed by atoms with Gasteiger partial charge in [-0.2, -0.15) is 4.37 Å². The summed E-state index contributed by atoms with van der Waals surface area (Å²) in [6.45, 7) is 5.23. The largest absolute Gasteiger partial charge is 0.395 e. The van der Waals surface area contributed by atoms with E-state index in [1.165, 1.54) is 11.5 Å². The highest BCUT2D eigenvalue weighted by Gasteiger charge is 2.28. The number of hydrogen-bond acceptors (Lipinski definition) is 6. The first-order valence-corrected chi connectivity index (χ1v) is 7.39. The Morgan fingerprint density at radius 1 is 1.58 bits per heavy atom. The number of carbonyl (C=O) groups excluding carboxylic acids is 1. The van der Waals surface area contributed by atoms with Crippen molar-refractivity contribution in [1.29, 1.82) is 0 Å². The summed E-state index contributed by atoms with van der Waals surface area (Å²) in [6, 6.07) is -0.242. The summed E-state index contributed by atoms with van der Waals surface area (Å²) in [4.78, 5) is 18.3. The SMILES string of the molecule is CC(C)c1nsc(NC2CCCN(CCO)C2=O)n1. The van der Waals surface area contributed by atoms with Gasteiger partial charge in [-0.25, -0.2) is 4.98 Å². The van der Waals surface area contributed by atoms with Crippen LogP contribution in [0, 0.1) is 0 Å². The standard InChI is InChI=1S/C12H20N4O2S/c1-8(2)10-14-12(19-15-10)13-9-4-3-5-16(6-7-17)11(9)18/h8-9,17H,3-7H2,1-2H3,(H,13,14,15). The first kappa shape index (κ1) is 14.2. The number of carbonyl (C=O) groups is 1. The average Bonchev–Trinajstić information content (AvgIpc) is 2.83. The topological polar surface area (TPSA) is 78.4 Å². The van der Waals surface area contributed by atoms with Crippen molar-refractivity contribution >= 4 is 22.6 Å². The molecular formula is C12H20N4O2S. The number of aliphatic hydroxyl groups excluding tert-OH is 1. The predicted octanol–water partition coefficient (Wildman–Crippen LogP) is 1.06. The minimum atomic E-state index is -0.242. The maximum Gasteiger partial charge on any atom is 0.245 e. The van der Waals surface area contributed by atoms with Crippen molar-refractivity contribution in [2.45, 2.75) is 38.6 Å². The van der Waals surface area contributed by atoms with E-state index in [0.29, 0.717) is 17.6 Å². The molecule has 2 rings (SSSR count). The number of nitrogens with one attached hydrogen (secondary N) is 1. The third-order valence-corrected chi connectivity index (χ3v) is 3.82. The minimum absolute atomic E-state index is 0.00870. The fourth-order valence-electron chi connectivity index (χ4n) is 2.09. The third kappa shape index (κ3) is 3.42. The summed E-state index contributed by atoms with van der Waals surface area (Å²) in [5, 5.41) is 12.8. The molecule has 0 radical (unpaired) electrons. The van der Waals surface area contributed by atoms with Gasteiger partial charge in [0.25, 0.3) is 0 Å². The Kier molecular flexibility index (Phi) is 4.71. The molecule has 2 heterocycles. The molecule has 1 aromatic heterocycles. The highest BCUT2D eigenvalue weighted by molar-refractivity contribution is 7.09. The molecule has 0 saturated carbocycles. The van der Waals surface area contributed by atoms with Crippen LogP contribution in [-0.4, -0.2) is 51.0 Å². The third-order valence-electron chi connectivity index (χ3n) is 3.16. The second-order valence-corrected chi connectivity index (χ2v) is 5.75. The maximum absolute atomic E-state index is 12.2. The van der Waals surface area contributed by atoms with Gasteiger partial charge in [-0.1, -0.05) is 13.8 Å². The lowest BCUT2D eigenvalue weighted by molar-refractivity contribution is -0.134. The molecule has 1 saturated heterocycles. The first-order chi connectivity index (χ1) is 9.11. The van der Waals surface area contributed by atoms with Gasteiger partial charge in [0.1, 0.15) is 11.9 Å². The van der Waals surface area contributed by atoms with E-state index in [1.807, 2.05) is 13.8 Å². The smallest absolute Gasteiger partial charge is 0.245 e. The molecule has 0 aliphatic carbocycles. The molecular weight excluding hydrogens is 264 g/mol. The van der Waals surface area contributed by atoms with E-state index in [1.54, 1.807) is 4.90 Å². The Morgan fingerprint density at radius 2 is 2.37 bits per heavy atom. The van der Waals surface area contributed by atoms with Gasteiger partial charge in [0.2, 0.25) is 11.0 Å². The highest BCUT2D eigenvalue weighted by atomic mass is 32.1. The van der Waals surface area contributed by atoms with Crippen LogP contribution >= 0.6 is 11.5 Å². The summed E-state index contributed by atoms with van der Waals surface area (Å²) in [5.74, 6) is 1.14. The summed E-state index contributed by atoms with van der Waals surface area (Å²) in [5.41, 5.74) is 0. The second-order valence-electron chi connectivity index (χ2n) is 5.00. The van der Waals surface area contributed by atoms with E-state index < -0.39 is 0 Å². The van der Waals surface area contributed by atoms with Gasteiger partial charge >= 0.3 is 0 Å². The summed E-state index contributed by atoms with van der Waals surface area (Å²) in [7, 11) is 0. The van der Waals surface area contributed by atoms with Gasteiger partial charge in [0.15, 0.2) is 0 Å². The minimum Gasteiger partial charge on any atom is -0.395 e. The lowest BCUT2D eigenvalue weighted by Crippen LogP contribution is -2.48. The van der Waals surface area contributed by atoms with Crippen molar-refractivity contribution in [2.24, 2.45) is 0 Å². The molecule has 1 unspecified atom stereocenters. The molecule has 6 nitrogen and oxygen atoms in total. The molecule has 0 spiro atoms. The van der Waals surface area contributed by atoms with Gasteiger partial charge in [-0.15, -0.1) is 0 Å². The van der Waals surface area contributed by atoms with E-state index in [2.05, 4.69) is 14.7 Å². The molecule has 1 amide bonds. The van der Waals surface area contributed by atoms with E-state index in [9.17, 15) is 4.79 Å². The zero-order chi connectivity index (χ0) is 13.8. The second kappa shape index (κ2) is 6.29. The zero-order valence-electron chi connectivity index (χ0n) is 11.3. The Bertz CT molecular complexity index is 433. The lowest BCUT2D eigenvalue weighted by atomic mass is 10.1. The Balaban J connectivity index is 1.99. The van der Waals surface area contributed by atoms with Gasteiger partial charge in [-0.05, 0) is 12.8 Å². The highest BCUT2D eigenvalue weighted by Crippen LogP contribution is 2.21. The number of β-amino-alcohol motifs (C(OH)–C–C–N with tert-alkyl or cyclic N) is 1. The van der Waals surface area contributed by atoms with Crippen LogP contribution in [0.25, 0.3) is 0 Å². The summed E-state index contributed by atoms with van der Waals surface area (Å²) >= 11 is 1.30. The fourth-order valence-corrected chi connectivity index (χ4v) is 2.85. The van der Waals surface area contributed by atoms with E-state index >= 15 is 0 Å². The summed E-state index contributed by atoms with van der Waals surface area (Å²) < 4.78 is 4.26. The zero-order valence-corrected chi connectivity index (χ0v) is 12.1. The number of piperidine rings is 1. The molecule has 19 heavy (non-hydrogen) atoms. The number of likely N-dealkylation sites (tertiary alicyclic amines) is 1. The Hall–Kier alpha value is -1.21. The van der Waals surface area contributed by atoms with Crippen molar-refractivity contribution in [3.8, 4) is 0 Å². The number of rotatable bonds is 5. The molecule has 0 bridgehead atoms. The number of aromatic nitrogens is 2. The van der Waals surface area contributed by atoms with Crippen LogP contribution in [0.3, 0.4) is 0 Å². The molecule has 1 fully saturated rings. The van der Waals surface area contributed by atoms with Crippen LogP contribution in [0.4, 0.5) is 5.13 Å². The van der Waals surface area contributed by atoms with Crippen molar-refractivity contribution in [1.82, 2.24) is 14.3 Å². The number of amides is 1. The summed E-state index contributed by atoms with van der Waals surface area (Å²) in [6.07, 6.45) is 1.75. The van der Waals surface area contributed by atoms with Crippen LogP contribution in [0.2, 0.25) is 0 Å². The van der Waals surface area contributed by atoms with Gasteiger partial charge in [0, 0.05) is 30.5 Å². The van der Waals surface area contributed by atoms with Crippen LogP contribution in [-0.2, 0) is 4.79 Å². The normalized spacial score (nSPS) is 20.1. The molecule has 7 heteroatoms. The molecule has 1 atom stereocenters. The molecule has 1 aromatic rings. The monoisotopic (exact) mass is 284 g/mol. The molecule has 0 aromatic carbocycles.